The monoisotopic (exact) mass is 541 g/mol. The Labute approximate surface area is 213 Å². The predicted molar refractivity (Wildman–Crippen MR) is 137 cm³/mol. The van der Waals surface area contributed by atoms with E-state index < -0.39 is 23.1 Å². The first-order valence-electron chi connectivity index (χ1n) is 11.7. The van der Waals surface area contributed by atoms with Gasteiger partial charge in [0.1, 0.15) is 12.4 Å². The van der Waals surface area contributed by atoms with E-state index in [0.717, 1.165) is 28.1 Å². The Hall–Kier alpha value is -2.93. The number of nitrogens with one attached hydrogen (secondary N) is 1. The summed E-state index contributed by atoms with van der Waals surface area (Å²) in [6.07, 6.45) is 2.40. The largest absolute Gasteiger partial charge is 0.496 e. The zero-order chi connectivity index (χ0) is 25.3. The molecule has 0 saturated heterocycles. The number of halogens is 2. The van der Waals surface area contributed by atoms with E-state index in [-0.39, 0.29) is 29.7 Å². The molecule has 35 heavy (non-hydrogen) atoms. The second-order valence-corrected chi connectivity index (χ2v) is 10.6. The van der Waals surface area contributed by atoms with E-state index in [0.29, 0.717) is 6.61 Å². The standard InChI is InChI=1S/C28H29BrFNO4/c1-5-35-27(33)19-11-10-18(12-23(19)30)31-26(32)25-24-21(14-34-15-22(24)29)20(13-28(25,3)4)17-8-6-16(2)7-9-17/h6-12,15,20,25H,5,13-14H2,1-4H3,(H,31,32). The SMILES string of the molecule is CCOC(=O)c1ccc(NC(=O)C2C3=C(COC=C3Br)C(c3ccc(C)cc3)CC2(C)C)cc1F. The Morgan fingerprint density at radius 1 is 1.20 bits per heavy atom. The average Bonchev–Trinajstić information content (AvgIpc) is 2.79. The summed E-state index contributed by atoms with van der Waals surface area (Å²) in [6.45, 7) is 8.45. The van der Waals surface area contributed by atoms with Crippen LogP contribution >= 0.6 is 15.9 Å². The third-order valence-electron chi connectivity index (χ3n) is 6.72. The number of esters is 1. The quantitative estimate of drug-likeness (QED) is 0.430. The Kier molecular flexibility index (Phi) is 7.17. The highest BCUT2D eigenvalue weighted by atomic mass is 79.9. The van der Waals surface area contributed by atoms with E-state index in [1.54, 1.807) is 13.2 Å². The fourth-order valence-electron chi connectivity index (χ4n) is 5.05. The van der Waals surface area contributed by atoms with E-state index in [2.05, 4.69) is 66.3 Å². The molecule has 2 aliphatic rings. The number of amides is 1. The Balaban J connectivity index is 1.68. The van der Waals surface area contributed by atoms with Crippen LogP contribution in [0, 0.1) is 24.1 Å². The molecule has 7 heteroatoms. The van der Waals surface area contributed by atoms with Gasteiger partial charge in [0.25, 0.3) is 0 Å². The maximum Gasteiger partial charge on any atom is 0.341 e. The first kappa shape index (κ1) is 25.2. The van der Waals surface area contributed by atoms with Crippen molar-refractivity contribution < 1.29 is 23.5 Å². The lowest BCUT2D eigenvalue weighted by Gasteiger charge is -2.45. The van der Waals surface area contributed by atoms with Gasteiger partial charge < -0.3 is 14.8 Å². The molecule has 1 aliphatic heterocycles. The summed E-state index contributed by atoms with van der Waals surface area (Å²) in [5.41, 5.74) is 4.10. The van der Waals surface area contributed by atoms with Crippen LogP contribution in [0.25, 0.3) is 0 Å². The number of hydrogen-bond donors (Lipinski definition) is 1. The van der Waals surface area contributed by atoms with E-state index >= 15 is 0 Å². The zero-order valence-electron chi connectivity index (χ0n) is 20.3. The van der Waals surface area contributed by atoms with Crippen LogP contribution in [0.5, 0.6) is 0 Å². The summed E-state index contributed by atoms with van der Waals surface area (Å²) < 4.78 is 25.9. The number of rotatable bonds is 5. The van der Waals surface area contributed by atoms with Crippen LogP contribution in [-0.2, 0) is 14.3 Å². The minimum Gasteiger partial charge on any atom is -0.496 e. The van der Waals surface area contributed by atoms with Crippen LogP contribution in [0.4, 0.5) is 10.1 Å². The summed E-state index contributed by atoms with van der Waals surface area (Å²) in [4.78, 5) is 25.6. The van der Waals surface area contributed by atoms with Crippen LogP contribution < -0.4 is 5.32 Å². The Bertz CT molecular complexity index is 1220. The van der Waals surface area contributed by atoms with Gasteiger partial charge in [0.05, 0.1) is 28.8 Å². The van der Waals surface area contributed by atoms with E-state index in [9.17, 15) is 14.0 Å². The number of anilines is 1. The second kappa shape index (κ2) is 9.97. The Morgan fingerprint density at radius 2 is 1.91 bits per heavy atom. The van der Waals surface area contributed by atoms with Crippen molar-refractivity contribution in [2.45, 2.75) is 40.0 Å². The van der Waals surface area contributed by atoms with E-state index in [4.69, 9.17) is 9.47 Å². The minimum absolute atomic E-state index is 0.118. The molecule has 0 saturated carbocycles. The molecule has 184 valence electrons. The highest BCUT2D eigenvalue weighted by Crippen LogP contribution is 2.54. The van der Waals surface area contributed by atoms with Crippen LogP contribution in [0.2, 0.25) is 0 Å². The number of aryl methyl sites for hydroxylation is 1. The molecule has 0 fully saturated rings. The first-order chi connectivity index (χ1) is 16.6. The molecular weight excluding hydrogens is 513 g/mol. The number of allylic oxidation sites excluding steroid dienone is 1. The molecule has 4 rings (SSSR count). The summed E-state index contributed by atoms with van der Waals surface area (Å²) >= 11 is 3.63. The smallest absolute Gasteiger partial charge is 0.341 e. The van der Waals surface area contributed by atoms with Gasteiger partial charge in [-0.05, 0) is 76.5 Å². The van der Waals surface area contributed by atoms with Crippen LogP contribution in [0.1, 0.15) is 54.6 Å². The average molecular weight is 542 g/mol. The van der Waals surface area contributed by atoms with Gasteiger partial charge in [-0.1, -0.05) is 43.7 Å². The van der Waals surface area contributed by atoms with Crippen molar-refractivity contribution >= 4 is 33.5 Å². The van der Waals surface area contributed by atoms with E-state index in [1.165, 1.54) is 23.3 Å². The van der Waals surface area contributed by atoms with E-state index in [1.807, 2.05) is 0 Å². The molecule has 2 atom stereocenters. The van der Waals surface area contributed by atoms with Gasteiger partial charge in [0.2, 0.25) is 5.91 Å². The maximum atomic E-state index is 14.6. The van der Waals surface area contributed by atoms with Crippen molar-refractivity contribution in [1.82, 2.24) is 0 Å². The molecular formula is C28H29BrFNO4. The lowest BCUT2D eigenvalue weighted by Crippen LogP contribution is -2.43. The molecule has 1 N–H and O–H groups in total. The minimum atomic E-state index is -0.740. The summed E-state index contributed by atoms with van der Waals surface area (Å²) in [6, 6.07) is 12.5. The third kappa shape index (κ3) is 5.06. The highest BCUT2D eigenvalue weighted by Gasteiger charge is 2.47. The summed E-state index contributed by atoms with van der Waals surface area (Å²) in [5.74, 6) is -2.07. The highest BCUT2D eigenvalue weighted by molar-refractivity contribution is 9.12. The van der Waals surface area contributed by atoms with Gasteiger partial charge in [-0.3, -0.25) is 4.79 Å². The molecule has 1 aliphatic carbocycles. The fraction of sp³-hybridized carbons (Fsp3) is 0.357. The van der Waals surface area contributed by atoms with Gasteiger partial charge in [-0.25, -0.2) is 9.18 Å². The molecule has 2 aromatic carbocycles. The fourth-order valence-corrected chi connectivity index (χ4v) is 5.67. The number of carbonyl (C=O) groups excluding carboxylic acids is 2. The van der Waals surface area contributed by atoms with Gasteiger partial charge in [0.15, 0.2) is 0 Å². The lowest BCUT2D eigenvalue weighted by atomic mass is 9.60. The van der Waals surface area contributed by atoms with Crippen LogP contribution in [-0.4, -0.2) is 25.1 Å². The number of hydrogen-bond acceptors (Lipinski definition) is 4. The molecule has 0 radical (unpaired) electrons. The van der Waals surface area contributed by atoms with Crippen molar-refractivity contribution in [3.05, 3.63) is 86.9 Å². The van der Waals surface area contributed by atoms with Gasteiger partial charge in [-0.2, -0.15) is 0 Å². The van der Waals surface area contributed by atoms with Crippen molar-refractivity contribution in [2.75, 3.05) is 18.5 Å². The zero-order valence-corrected chi connectivity index (χ0v) is 21.9. The molecule has 1 amide bonds. The number of benzene rings is 2. The topological polar surface area (TPSA) is 64.6 Å². The van der Waals surface area contributed by atoms with Crippen molar-refractivity contribution in [2.24, 2.45) is 11.3 Å². The normalized spacial score (nSPS) is 20.9. The van der Waals surface area contributed by atoms with Gasteiger partial charge >= 0.3 is 5.97 Å². The second-order valence-electron chi connectivity index (χ2n) is 9.71. The molecule has 0 spiro atoms. The Morgan fingerprint density at radius 3 is 2.57 bits per heavy atom. The first-order valence-corrected chi connectivity index (χ1v) is 12.5. The summed E-state index contributed by atoms with van der Waals surface area (Å²) in [5, 5.41) is 2.87. The molecule has 0 bridgehead atoms. The van der Waals surface area contributed by atoms with Crippen LogP contribution in [0.3, 0.4) is 0 Å². The lowest BCUT2D eigenvalue weighted by molar-refractivity contribution is -0.122. The van der Waals surface area contributed by atoms with Crippen LogP contribution in [0.15, 0.2) is 64.4 Å². The molecule has 5 nitrogen and oxygen atoms in total. The van der Waals surface area contributed by atoms with Crippen molar-refractivity contribution in [1.29, 1.82) is 0 Å². The molecule has 1 heterocycles. The van der Waals surface area contributed by atoms with Crippen molar-refractivity contribution in [3.8, 4) is 0 Å². The summed E-state index contributed by atoms with van der Waals surface area (Å²) in [7, 11) is 0. The molecule has 0 aromatic heterocycles. The predicted octanol–water partition coefficient (Wildman–Crippen LogP) is 6.64. The molecule has 2 aromatic rings. The van der Waals surface area contributed by atoms with Gasteiger partial charge in [-0.15, -0.1) is 0 Å². The van der Waals surface area contributed by atoms with Crippen molar-refractivity contribution in [3.63, 3.8) is 0 Å². The number of ether oxygens (including phenoxy) is 2. The maximum absolute atomic E-state index is 14.6. The van der Waals surface area contributed by atoms with Gasteiger partial charge in [0, 0.05) is 11.6 Å². The number of carbonyl (C=O) groups is 2. The molecule has 2 unspecified atom stereocenters. The third-order valence-corrected chi connectivity index (χ3v) is 7.34.